The van der Waals surface area contributed by atoms with E-state index in [1.165, 1.54) is 12.7 Å². The molecule has 2 aromatic carbocycles. The van der Waals surface area contributed by atoms with Gasteiger partial charge >= 0.3 is 0 Å². The van der Waals surface area contributed by atoms with Crippen molar-refractivity contribution >= 4 is 17.5 Å². The lowest BCUT2D eigenvalue weighted by molar-refractivity contribution is -0.119. The molecule has 0 aromatic heterocycles. The Labute approximate surface area is 158 Å². The van der Waals surface area contributed by atoms with E-state index in [0.717, 1.165) is 24.3 Å². The van der Waals surface area contributed by atoms with Gasteiger partial charge in [-0.05, 0) is 48.4 Å². The van der Waals surface area contributed by atoms with E-state index >= 15 is 0 Å². The smallest absolute Gasteiger partial charge is 0.255 e. The summed E-state index contributed by atoms with van der Waals surface area (Å²) in [6.45, 7) is 1.18. The Morgan fingerprint density at radius 1 is 1.12 bits per heavy atom. The number of primary amides is 1. The van der Waals surface area contributed by atoms with Crippen molar-refractivity contribution in [2.45, 2.75) is 13.0 Å². The van der Waals surface area contributed by atoms with Gasteiger partial charge in [0, 0.05) is 6.54 Å². The maximum Gasteiger partial charge on any atom is 0.255 e. The van der Waals surface area contributed by atoms with Crippen LogP contribution < -0.4 is 25.3 Å². The van der Waals surface area contributed by atoms with Gasteiger partial charge in [-0.25, -0.2) is 0 Å². The van der Waals surface area contributed by atoms with E-state index < -0.39 is 5.91 Å². The number of benzene rings is 2. The third kappa shape index (κ3) is 5.82. The minimum absolute atomic E-state index is 0.254. The second kappa shape index (κ2) is 9.89. The molecule has 140 valence electrons. The van der Waals surface area contributed by atoms with Crippen molar-refractivity contribution in [2.24, 2.45) is 5.73 Å². The molecule has 0 saturated carbocycles. The number of nitrogens with two attached hydrogens (primary N) is 1. The molecule has 3 N–H and O–H groups in total. The lowest BCUT2D eigenvalue weighted by atomic mass is 10.1. The summed E-state index contributed by atoms with van der Waals surface area (Å²) in [5.74, 6) is 1.05. The minimum Gasteiger partial charge on any atom is -0.497 e. The monoisotopic (exact) mass is 378 g/mol. The van der Waals surface area contributed by atoms with Crippen molar-refractivity contribution in [3.05, 3.63) is 52.5 Å². The van der Waals surface area contributed by atoms with Crippen LogP contribution in [0.25, 0.3) is 0 Å². The average molecular weight is 379 g/mol. The number of carbonyl (C=O) groups is 1. The molecule has 0 heterocycles. The molecule has 1 amide bonds. The van der Waals surface area contributed by atoms with Gasteiger partial charge < -0.3 is 25.3 Å². The van der Waals surface area contributed by atoms with E-state index in [1.54, 1.807) is 13.2 Å². The zero-order chi connectivity index (χ0) is 18.9. The number of rotatable bonds is 10. The Balaban J connectivity index is 1.90. The summed E-state index contributed by atoms with van der Waals surface area (Å²) in [4.78, 5) is 10.9. The van der Waals surface area contributed by atoms with E-state index in [4.69, 9.17) is 31.5 Å². The van der Waals surface area contributed by atoms with Crippen molar-refractivity contribution in [2.75, 3.05) is 27.4 Å². The highest BCUT2D eigenvalue weighted by Gasteiger charge is 2.13. The van der Waals surface area contributed by atoms with Crippen molar-refractivity contribution < 1.29 is 19.0 Å². The maximum absolute atomic E-state index is 10.9. The van der Waals surface area contributed by atoms with Crippen molar-refractivity contribution in [1.82, 2.24) is 5.32 Å². The van der Waals surface area contributed by atoms with Gasteiger partial charge in [0.1, 0.15) is 5.75 Å². The third-order valence-electron chi connectivity index (χ3n) is 3.73. The fraction of sp³-hybridized carbons (Fsp3) is 0.316. The molecule has 0 aliphatic carbocycles. The van der Waals surface area contributed by atoms with E-state index in [9.17, 15) is 4.79 Å². The van der Waals surface area contributed by atoms with Gasteiger partial charge in [0.2, 0.25) is 0 Å². The number of carbonyl (C=O) groups excluding carboxylic acids is 1. The number of nitrogens with one attached hydrogen (secondary N) is 1. The van der Waals surface area contributed by atoms with Crippen LogP contribution >= 0.6 is 11.6 Å². The highest BCUT2D eigenvalue weighted by Crippen LogP contribution is 2.36. The predicted molar refractivity (Wildman–Crippen MR) is 101 cm³/mol. The maximum atomic E-state index is 10.9. The van der Waals surface area contributed by atoms with Crippen LogP contribution in [0.15, 0.2) is 36.4 Å². The van der Waals surface area contributed by atoms with Gasteiger partial charge in [0.25, 0.3) is 5.91 Å². The molecule has 6 nitrogen and oxygen atoms in total. The van der Waals surface area contributed by atoms with Gasteiger partial charge in [-0.3, -0.25) is 4.79 Å². The first kappa shape index (κ1) is 19.9. The second-order valence-electron chi connectivity index (χ2n) is 5.64. The number of amides is 1. The van der Waals surface area contributed by atoms with E-state index in [2.05, 4.69) is 5.32 Å². The van der Waals surface area contributed by atoms with Crippen LogP contribution in [0.1, 0.15) is 11.1 Å². The first-order chi connectivity index (χ1) is 12.5. The van der Waals surface area contributed by atoms with Crippen molar-refractivity contribution in [3.63, 3.8) is 0 Å². The molecule has 0 aliphatic rings. The third-order valence-corrected chi connectivity index (χ3v) is 4.01. The van der Waals surface area contributed by atoms with Crippen LogP contribution in [0.5, 0.6) is 17.2 Å². The van der Waals surface area contributed by atoms with Gasteiger partial charge in [-0.1, -0.05) is 23.7 Å². The molecule has 0 unspecified atom stereocenters. The fourth-order valence-corrected chi connectivity index (χ4v) is 2.70. The molecule has 0 atom stereocenters. The molecule has 0 saturated heterocycles. The highest BCUT2D eigenvalue weighted by atomic mass is 35.5. The fourth-order valence-electron chi connectivity index (χ4n) is 2.42. The second-order valence-corrected chi connectivity index (χ2v) is 6.05. The average Bonchev–Trinajstić information content (AvgIpc) is 2.64. The molecule has 0 radical (unpaired) electrons. The minimum atomic E-state index is -0.576. The quantitative estimate of drug-likeness (QED) is 0.621. The molecule has 0 spiro atoms. The van der Waals surface area contributed by atoms with Crippen molar-refractivity contribution in [3.8, 4) is 17.2 Å². The summed E-state index contributed by atoms with van der Waals surface area (Å²) in [5, 5.41) is 3.74. The summed E-state index contributed by atoms with van der Waals surface area (Å²) in [7, 11) is 3.17. The Morgan fingerprint density at radius 3 is 2.46 bits per heavy atom. The summed E-state index contributed by atoms with van der Waals surface area (Å²) in [6, 6.07) is 11.6. The van der Waals surface area contributed by atoms with Gasteiger partial charge in [0.05, 0.1) is 19.2 Å². The van der Waals surface area contributed by atoms with Gasteiger partial charge in [-0.15, -0.1) is 0 Å². The summed E-state index contributed by atoms with van der Waals surface area (Å²) in [6.07, 6.45) is 0.897. The molecule has 2 aromatic rings. The topological polar surface area (TPSA) is 82.8 Å². The molecule has 2 rings (SSSR count). The number of halogens is 1. The standard InChI is InChI=1S/C19H23ClN2O4/c1-24-15-5-3-13(4-6-15)7-8-22-11-14-9-16(20)19(17(10-14)25-2)26-12-18(21)23/h3-6,9-10,22H,7-8,11-12H2,1-2H3,(H2,21,23). The molecule has 7 heteroatoms. The molecule has 26 heavy (non-hydrogen) atoms. The van der Waals surface area contributed by atoms with Crippen LogP contribution in [0.2, 0.25) is 5.02 Å². The summed E-state index contributed by atoms with van der Waals surface area (Å²) in [5.41, 5.74) is 7.27. The first-order valence-electron chi connectivity index (χ1n) is 8.14. The van der Waals surface area contributed by atoms with Gasteiger partial charge in [0.15, 0.2) is 18.1 Å². The number of ether oxygens (including phenoxy) is 3. The zero-order valence-electron chi connectivity index (χ0n) is 14.9. The Hall–Kier alpha value is -2.44. The lowest BCUT2D eigenvalue weighted by Gasteiger charge is -2.14. The van der Waals surface area contributed by atoms with Crippen LogP contribution in [0, 0.1) is 0 Å². The van der Waals surface area contributed by atoms with E-state index in [1.807, 2.05) is 30.3 Å². The Bertz CT molecular complexity index is 735. The van der Waals surface area contributed by atoms with Crippen LogP contribution in [0.3, 0.4) is 0 Å². The SMILES string of the molecule is COc1ccc(CCNCc2cc(Cl)c(OCC(N)=O)c(OC)c2)cc1. The summed E-state index contributed by atoms with van der Waals surface area (Å²) >= 11 is 6.24. The number of methoxy groups -OCH3 is 2. The van der Waals surface area contributed by atoms with Crippen LogP contribution in [-0.4, -0.2) is 33.3 Å². The zero-order valence-corrected chi connectivity index (χ0v) is 15.6. The highest BCUT2D eigenvalue weighted by molar-refractivity contribution is 6.32. The van der Waals surface area contributed by atoms with Crippen molar-refractivity contribution in [1.29, 1.82) is 0 Å². The Morgan fingerprint density at radius 2 is 1.85 bits per heavy atom. The van der Waals surface area contributed by atoms with Gasteiger partial charge in [-0.2, -0.15) is 0 Å². The molecule has 0 aliphatic heterocycles. The molecule has 0 fully saturated rings. The van der Waals surface area contributed by atoms with E-state index in [-0.39, 0.29) is 6.61 Å². The van der Waals surface area contributed by atoms with Crippen LogP contribution in [0.4, 0.5) is 0 Å². The Kier molecular flexibility index (Phi) is 7.56. The largest absolute Gasteiger partial charge is 0.497 e. The molecular formula is C19H23ClN2O4. The molecular weight excluding hydrogens is 356 g/mol. The summed E-state index contributed by atoms with van der Waals surface area (Å²) < 4.78 is 15.8. The van der Waals surface area contributed by atoms with E-state index in [0.29, 0.717) is 23.1 Å². The first-order valence-corrected chi connectivity index (χ1v) is 8.52. The predicted octanol–water partition coefficient (Wildman–Crippen LogP) is 2.55. The number of hydrogen-bond acceptors (Lipinski definition) is 5. The number of hydrogen-bond donors (Lipinski definition) is 2. The lowest BCUT2D eigenvalue weighted by Crippen LogP contribution is -2.20. The normalized spacial score (nSPS) is 10.4. The van der Waals surface area contributed by atoms with Crippen LogP contribution in [-0.2, 0) is 17.8 Å². The molecule has 0 bridgehead atoms.